The van der Waals surface area contributed by atoms with Crippen LogP contribution >= 0.6 is 11.6 Å². The number of rotatable bonds is 4. The molecule has 24 heavy (non-hydrogen) atoms. The number of halogens is 1. The zero-order chi connectivity index (χ0) is 17.3. The van der Waals surface area contributed by atoms with Gasteiger partial charge in [0.2, 0.25) is 5.91 Å². The molecule has 2 unspecified atom stereocenters. The van der Waals surface area contributed by atoms with Crippen LogP contribution in [0.4, 0.5) is 10.5 Å². The van der Waals surface area contributed by atoms with Crippen molar-refractivity contribution in [2.24, 2.45) is 0 Å². The van der Waals surface area contributed by atoms with E-state index in [4.69, 9.17) is 16.3 Å². The maximum absolute atomic E-state index is 12.7. The van der Waals surface area contributed by atoms with Crippen molar-refractivity contribution in [2.45, 2.75) is 24.9 Å². The molecule has 0 aliphatic carbocycles. The van der Waals surface area contributed by atoms with Crippen LogP contribution in [0.1, 0.15) is 12.8 Å². The number of hydrogen-bond acceptors (Lipinski definition) is 4. The molecule has 4 amide bonds. The highest BCUT2D eigenvalue weighted by molar-refractivity contribution is 6.30. The summed E-state index contributed by atoms with van der Waals surface area (Å²) in [5.41, 5.74) is 0.503. The predicted molar refractivity (Wildman–Crippen MR) is 87.9 cm³/mol. The molecule has 2 saturated heterocycles. The second-order valence-corrected chi connectivity index (χ2v) is 6.30. The average Bonchev–Trinajstić information content (AvgIpc) is 2.80. The van der Waals surface area contributed by atoms with E-state index in [0.717, 1.165) is 0 Å². The topological polar surface area (TPSA) is 79.0 Å². The van der Waals surface area contributed by atoms with Crippen molar-refractivity contribution in [1.82, 2.24) is 10.2 Å². The van der Waals surface area contributed by atoms with Crippen molar-refractivity contribution in [3.63, 3.8) is 0 Å². The van der Waals surface area contributed by atoms with Gasteiger partial charge in [-0.3, -0.25) is 9.59 Å². The number of imide groups is 1. The van der Waals surface area contributed by atoms with Crippen LogP contribution in [0.2, 0.25) is 5.02 Å². The van der Waals surface area contributed by atoms with E-state index in [1.807, 2.05) is 0 Å². The summed E-state index contributed by atoms with van der Waals surface area (Å²) in [7, 11) is 1.45. The number of anilines is 1. The van der Waals surface area contributed by atoms with E-state index in [9.17, 15) is 14.4 Å². The van der Waals surface area contributed by atoms with Crippen LogP contribution < -0.4 is 10.2 Å². The van der Waals surface area contributed by atoms with Gasteiger partial charge in [-0.05, 0) is 37.1 Å². The summed E-state index contributed by atoms with van der Waals surface area (Å²) in [4.78, 5) is 39.6. The van der Waals surface area contributed by atoms with Crippen LogP contribution in [0.5, 0.6) is 0 Å². The number of amides is 4. The fraction of sp³-hybridized carbons (Fsp3) is 0.438. The highest BCUT2D eigenvalue weighted by atomic mass is 35.5. The molecule has 2 aliphatic rings. The third kappa shape index (κ3) is 3.09. The molecule has 0 aromatic heterocycles. The van der Waals surface area contributed by atoms with Gasteiger partial charge in [0.15, 0.2) is 0 Å². The predicted octanol–water partition coefficient (Wildman–Crippen LogP) is 1.40. The Morgan fingerprint density at radius 3 is 2.71 bits per heavy atom. The zero-order valence-electron chi connectivity index (χ0n) is 13.2. The highest BCUT2D eigenvalue weighted by Crippen LogP contribution is 2.31. The van der Waals surface area contributed by atoms with Crippen molar-refractivity contribution < 1.29 is 19.1 Å². The third-order valence-corrected chi connectivity index (χ3v) is 4.52. The molecule has 1 aromatic rings. The lowest BCUT2D eigenvalue weighted by Gasteiger charge is -2.32. The average molecular weight is 352 g/mol. The molecule has 3 rings (SSSR count). The molecule has 2 atom stereocenters. The Balaban J connectivity index is 1.73. The first-order valence-corrected chi connectivity index (χ1v) is 8.07. The van der Waals surface area contributed by atoms with Crippen LogP contribution in [0, 0.1) is 0 Å². The van der Waals surface area contributed by atoms with Gasteiger partial charge in [-0.25, -0.2) is 9.69 Å². The van der Waals surface area contributed by atoms with Crippen LogP contribution in [-0.4, -0.2) is 55.1 Å². The molecule has 0 spiro atoms. The summed E-state index contributed by atoms with van der Waals surface area (Å²) >= 11 is 5.86. The summed E-state index contributed by atoms with van der Waals surface area (Å²) < 4.78 is 4.79. The Morgan fingerprint density at radius 2 is 2.04 bits per heavy atom. The first kappa shape index (κ1) is 16.7. The maximum Gasteiger partial charge on any atom is 0.332 e. The molecule has 2 aliphatic heterocycles. The summed E-state index contributed by atoms with van der Waals surface area (Å²) in [5, 5.41) is 3.38. The van der Waals surface area contributed by atoms with E-state index < -0.39 is 6.04 Å². The minimum atomic E-state index is -0.547. The molecule has 1 aromatic carbocycles. The Kier molecular flexibility index (Phi) is 4.73. The van der Waals surface area contributed by atoms with Gasteiger partial charge in [0.1, 0.15) is 12.6 Å². The Bertz CT molecular complexity index is 664. The van der Waals surface area contributed by atoms with Gasteiger partial charge < -0.3 is 15.0 Å². The number of carbonyl (C=O) groups is 3. The highest BCUT2D eigenvalue weighted by Gasteiger charge is 2.48. The van der Waals surface area contributed by atoms with Crippen LogP contribution in [-0.2, 0) is 14.3 Å². The van der Waals surface area contributed by atoms with Crippen molar-refractivity contribution in [2.75, 3.05) is 25.2 Å². The minimum Gasteiger partial charge on any atom is -0.375 e. The van der Waals surface area contributed by atoms with Crippen molar-refractivity contribution in [3.8, 4) is 0 Å². The van der Waals surface area contributed by atoms with E-state index in [0.29, 0.717) is 30.1 Å². The fourth-order valence-corrected chi connectivity index (χ4v) is 3.29. The van der Waals surface area contributed by atoms with E-state index in [1.165, 1.54) is 12.0 Å². The number of ether oxygens (including phenoxy) is 1. The summed E-state index contributed by atoms with van der Waals surface area (Å²) in [5.74, 6) is -0.490. The van der Waals surface area contributed by atoms with Crippen molar-refractivity contribution in [1.29, 1.82) is 0 Å². The number of methoxy groups -OCH3 is 1. The lowest BCUT2D eigenvalue weighted by atomic mass is 9.98. The number of benzene rings is 1. The second-order valence-electron chi connectivity index (χ2n) is 5.86. The standard InChI is InChI=1S/C16H18ClN3O4/c1-24-9-14(21)18-11-6-7-19-13(8-11)15(22)20(16(19)23)12-4-2-10(17)3-5-12/h2-5,11,13H,6-9H2,1H3,(H,18,21). The molecule has 0 bridgehead atoms. The van der Waals surface area contributed by atoms with Crippen molar-refractivity contribution in [3.05, 3.63) is 29.3 Å². The summed E-state index contributed by atoms with van der Waals surface area (Å²) in [6, 6.07) is 5.56. The van der Waals surface area contributed by atoms with Gasteiger partial charge in [0.05, 0.1) is 5.69 Å². The lowest BCUT2D eigenvalue weighted by molar-refractivity contribution is -0.127. The Morgan fingerprint density at radius 1 is 1.33 bits per heavy atom. The van der Waals surface area contributed by atoms with E-state index in [1.54, 1.807) is 29.2 Å². The number of nitrogens with one attached hydrogen (secondary N) is 1. The molecule has 2 heterocycles. The van der Waals surface area contributed by atoms with Gasteiger partial charge in [0, 0.05) is 24.7 Å². The first-order valence-electron chi connectivity index (χ1n) is 7.69. The monoisotopic (exact) mass is 351 g/mol. The number of urea groups is 1. The molecule has 8 heteroatoms. The molecule has 2 fully saturated rings. The third-order valence-electron chi connectivity index (χ3n) is 4.27. The van der Waals surface area contributed by atoms with Crippen LogP contribution in [0.3, 0.4) is 0 Å². The lowest BCUT2D eigenvalue weighted by Crippen LogP contribution is -2.50. The summed E-state index contributed by atoms with van der Waals surface area (Å²) in [6.07, 6.45) is 1.02. The van der Waals surface area contributed by atoms with Gasteiger partial charge in [0.25, 0.3) is 5.91 Å². The second kappa shape index (κ2) is 6.78. The van der Waals surface area contributed by atoms with E-state index >= 15 is 0 Å². The van der Waals surface area contributed by atoms with E-state index in [-0.39, 0.29) is 30.5 Å². The van der Waals surface area contributed by atoms with E-state index in [2.05, 4.69) is 5.32 Å². The number of fused-ring (bicyclic) bond motifs is 1. The summed E-state index contributed by atoms with van der Waals surface area (Å²) in [6.45, 7) is 0.409. The minimum absolute atomic E-state index is 0.0192. The van der Waals surface area contributed by atoms with Gasteiger partial charge in [-0.2, -0.15) is 0 Å². The maximum atomic E-state index is 12.7. The van der Waals surface area contributed by atoms with Crippen LogP contribution in [0.15, 0.2) is 24.3 Å². The van der Waals surface area contributed by atoms with Crippen molar-refractivity contribution >= 4 is 35.1 Å². The SMILES string of the molecule is COCC(=O)NC1CCN2C(=O)N(c3ccc(Cl)cc3)C(=O)C2C1. The van der Waals surface area contributed by atoms with Crippen LogP contribution in [0.25, 0.3) is 0 Å². The first-order chi connectivity index (χ1) is 11.5. The zero-order valence-corrected chi connectivity index (χ0v) is 14.0. The quantitative estimate of drug-likeness (QED) is 0.832. The van der Waals surface area contributed by atoms with Gasteiger partial charge >= 0.3 is 6.03 Å². The van der Waals surface area contributed by atoms with Gasteiger partial charge in [-0.1, -0.05) is 11.6 Å². The Labute approximate surface area is 144 Å². The molecular formula is C16H18ClN3O4. The number of nitrogens with zero attached hydrogens (tertiary/aromatic N) is 2. The smallest absolute Gasteiger partial charge is 0.332 e. The number of carbonyl (C=O) groups excluding carboxylic acids is 3. The molecule has 0 saturated carbocycles. The number of hydrogen-bond donors (Lipinski definition) is 1. The molecular weight excluding hydrogens is 334 g/mol. The normalized spacial score (nSPS) is 23.4. The molecule has 7 nitrogen and oxygen atoms in total. The molecule has 128 valence electrons. The molecule has 1 N–H and O–H groups in total. The Hall–Kier alpha value is -2.12. The molecule has 0 radical (unpaired) electrons. The number of piperidine rings is 1. The largest absolute Gasteiger partial charge is 0.375 e. The fourth-order valence-electron chi connectivity index (χ4n) is 3.16. The van der Waals surface area contributed by atoms with Gasteiger partial charge in [-0.15, -0.1) is 0 Å².